The van der Waals surface area contributed by atoms with Crippen LogP contribution in [0.5, 0.6) is 0 Å². The summed E-state index contributed by atoms with van der Waals surface area (Å²) in [7, 11) is -4.37. The van der Waals surface area contributed by atoms with E-state index in [1.165, 1.54) is 11.1 Å². The van der Waals surface area contributed by atoms with Gasteiger partial charge in [-0.15, -0.1) is 0 Å². The molecule has 0 aliphatic carbocycles. The van der Waals surface area contributed by atoms with Crippen LogP contribution in [-0.4, -0.2) is 20.2 Å². The maximum absolute atomic E-state index is 11.2. The summed E-state index contributed by atoms with van der Waals surface area (Å²) in [6, 6.07) is 0. The highest BCUT2D eigenvalue weighted by atomic mass is 31.2. The zero-order valence-corrected chi connectivity index (χ0v) is 13.7. The number of carbonyl (C=O) groups excluding carboxylic acids is 1. The lowest BCUT2D eigenvalue weighted by molar-refractivity contribution is -0.110. The Morgan fingerprint density at radius 1 is 0.900 bits per heavy atom. The van der Waals surface area contributed by atoms with E-state index in [4.69, 9.17) is 14.7 Å². The average molecular weight is 301 g/mol. The van der Waals surface area contributed by atoms with Gasteiger partial charge in [0.2, 0.25) is 0 Å². The summed E-state index contributed by atoms with van der Waals surface area (Å²) < 4.78 is 0. The summed E-state index contributed by atoms with van der Waals surface area (Å²) in [5, 5.41) is 0. The molecule has 0 saturated heterocycles. The number of hydrogen-bond acceptors (Lipinski definition) is 4. The van der Waals surface area contributed by atoms with Gasteiger partial charge in [0.25, 0.3) is 0 Å². The smallest absolute Gasteiger partial charge is 0.238 e. The van der Waals surface area contributed by atoms with Crippen molar-refractivity contribution in [3.63, 3.8) is 0 Å². The van der Waals surface area contributed by atoms with Crippen molar-refractivity contribution in [3.8, 4) is 0 Å². The highest BCUT2D eigenvalue weighted by Crippen LogP contribution is 2.46. The summed E-state index contributed by atoms with van der Waals surface area (Å²) in [6.07, 6.45) is 8.94. The SMILES string of the molecule is CC(C)=CCCC(C)=CCCC(C)=CC(=O)[P+](O)(O)O. The summed E-state index contributed by atoms with van der Waals surface area (Å²) >= 11 is 0. The van der Waals surface area contributed by atoms with Gasteiger partial charge in [-0.3, -0.25) is 0 Å². The lowest BCUT2D eigenvalue weighted by Gasteiger charge is -2.02. The lowest BCUT2D eigenvalue weighted by atomic mass is 10.1. The number of allylic oxidation sites excluding steroid dienone is 6. The Balaban J connectivity index is 4.19. The van der Waals surface area contributed by atoms with Crippen molar-refractivity contribution in [2.75, 3.05) is 0 Å². The highest BCUT2D eigenvalue weighted by Gasteiger charge is 2.40. The lowest BCUT2D eigenvalue weighted by Crippen LogP contribution is -2.01. The number of carbonyl (C=O) groups is 1. The molecule has 0 aromatic carbocycles. The largest absolute Gasteiger partial charge is 0.483 e. The molecule has 0 unspecified atom stereocenters. The molecule has 0 spiro atoms. The number of rotatable bonds is 8. The van der Waals surface area contributed by atoms with Gasteiger partial charge < -0.3 is 0 Å². The van der Waals surface area contributed by atoms with E-state index in [1.807, 2.05) is 0 Å². The normalized spacial score (nSPS) is 13.3. The van der Waals surface area contributed by atoms with Crippen LogP contribution in [0.3, 0.4) is 0 Å². The van der Waals surface area contributed by atoms with Crippen molar-refractivity contribution in [2.45, 2.75) is 53.4 Å². The van der Waals surface area contributed by atoms with E-state index in [0.29, 0.717) is 6.42 Å². The quantitative estimate of drug-likeness (QED) is 0.363. The van der Waals surface area contributed by atoms with E-state index in [9.17, 15) is 4.79 Å². The average Bonchev–Trinajstić information content (AvgIpc) is 2.26. The monoisotopic (exact) mass is 301 g/mol. The van der Waals surface area contributed by atoms with Crippen molar-refractivity contribution < 1.29 is 19.5 Å². The second-order valence-corrected chi connectivity index (χ2v) is 6.88. The van der Waals surface area contributed by atoms with Crippen molar-refractivity contribution in [1.29, 1.82) is 0 Å². The topological polar surface area (TPSA) is 77.8 Å². The van der Waals surface area contributed by atoms with Crippen molar-refractivity contribution >= 4 is 13.5 Å². The minimum atomic E-state index is -4.37. The third kappa shape index (κ3) is 10.0. The Morgan fingerprint density at radius 2 is 1.40 bits per heavy atom. The van der Waals surface area contributed by atoms with Gasteiger partial charge >= 0.3 is 13.5 Å². The molecule has 0 fully saturated rings. The molecule has 20 heavy (non-hydrogen) atoms. The zero-order valence-electron chi connectivity index (χ0n) is 12.8. The van der Waals surface area contributed by atoms with E-state index in [-0.39, 0.29) is 0 Å². The predicted molar refractivity (Wildman–Crippen MR) is 84.0 cm³/mol. The summed E-state index contributed by atoms with van der Waals surface area (Å²) in [4.78, 5) is 37.6. The van der Waals surface area contributed by atoms with Crippen LogP contribution in [0.4, 0.5) is 0 Å². The Hall–Kier alpha value is -0.800. The van der Waals surface area contributed by atoms with Crippen LogP contribution in [-0.2, 0) is 4.79 Å². The van der Waals surface area contributed by atoms with Gasteiger partial charge in [-0.25, -0.2) is 4.79 Å². The first-order valence-electron chi connectivity index (χ1n) is 6.71. The molecule has 0 heterocycles. The van der Waals surface area contributed by atoms with Crippen molar-refractivity contribution in [3.05, 3.63) is 34.9 Å². The molecule has 0 aromatic rings. The van der Waals surface area contributed by atoms with Crippen LogP contribution in [0.1, 0.15) is 53.4 Å². The van der Waals surface area contributed by atoms with Gasteiger partial charge in [0, 0.05) is 6.08 Å². The third-order valence-electron chi connectivity index (χ3n) is 2.79. The molecule has 5 heteroatoms. The second-order valence-electron chi connectivity index (χ2n) is 5.31. The van der Waals surface area contributed by atoms with E-state index < -0.39 is 13.5 Å². The first-order chi connectivity index (χ1) is 9.12. The maximum Gasteiger partial charge on any atom is 0.483 e. The second kappa shape index (κ2) is 9.19. The van der Waals surface area contributed by atoms with Crippen LogP contribution < -0.4 is 0 Å². The molecule has 0 atom stereocenters. The standard InChI is InChI=1S/C15H26O4P/c1-12(2)7-5-8-13(3)9-6-10-14(4)11-15(16)20(17,18)19/h7,9,11,17-19H,5-6,8,10H2,1-4H3/q+1. The molecule has 0 aromatic heterocycles. The summed E-state index contributed by atoms with van der Waals surface area (Å²) in [5.41, 5.74) is 2.35. The molecule has 114 valence electrons. The van der Waals surface area contributed by atoms with Gasteiger partial charge in [0.1, 0.15) is 0 Å². The molecule has 4 nitrogen and oxygen atoms in total. The first-order valence-corrected chi connectivity index (χ1v) is 8.35. The van der Waals surface area contributed by atoms with Gasteiger partial charge in [-0.2, -0.15) is 14.7 Å². The Labute approximate surface area is 122 Å². The minimum Gasteiger partial charge on any atom is -0.238 e. The fourth-order valence-corrected chi connectivity index (χ4v) is 2.00. The Bertz CT molecular complexity index is 410. The van der Waals surface area contributed by atoms with E-state index in [2.05, 4.69) is 32.9 Å². The molecule has 0 bridgehead atoms. The molecule has 0 rings (SSSR count). The van der Waals surface area contributed by atoms with E-state index >= 15 is 0 Å². The van der Waals surface area contributed by atoms with E-state index in [0.717, 1.165) is 30.9 Å². The summed E-state index contributed by atoms with van der Waals surface area (Å²) in [6.45, 7) is 7.97. The summed E-state index contributed by atoms with van der Waals surface area (Å²) in [5.74, 6) is 0. The molecule has 0 saturated carbocycles. The molecule has 0 aliphatic rings. The van der Waals surface area contributed by atoms with Gasteiger partial charge in [-0.1, -0.05) is 28.9 Å². The van der Waals surface area contributed by atoms with E-state index in [1.54, 1.807) is 6.92 Å². The Kier molecular flexibility index (Phi) is 8.83. The molecular weight excluding hydrogens is 275 g/mol. The molecular formula is C15H26O4P+. The minimum absolute atomic E-state index is 0.658. The fraction of sp³-hybridized carbons (Fsp3) is 0.533. The fourth-order valence-electron chi connectivity index (χ4n) is 1.61. The van der Waals surface area contributed by atoms with Crippen LogP contribution in [0, 0.1) is 0 Å². The van der Waals surface area contributed by atoms with Gasteiger partial charge in [0.05, 0.1) is 0 Å². The number of hydrogen-bond donors (Lipinski definition) is 3. The van der Waals surface area contributed by atoms with Crippen LogP contribution >= 0.6 is 7.94 Å². The highest BCUT2D eigenvalue weighted by molar-refractivity contribution is 7.76. The molecule has 0 amide bonds. The van der Waals surface area contributed by atoms with Crippen LogP contribution in [0.25, 0.3) is 0 Å². The third-order valence-corrected chi connectivity index (χ3v) is 3.51. The first kappa shape index (κ1) is 19.2. The predicted octanol–water partition coefficient (Wildman–Crippen LogP) is 3.67. The Morgan fingerprint density at radius 3 is 1.90 bits per heavy atom. The molecule has 0 radical (unpaired) electrons. The van der Waals surface area contributed by atoms with Crippen molar-refractivity contribution in [2.24, 2.45) is 0 Å². The van der Waals surface area contributed by atoms with Crippen LogP contribution in [0.15, 0.2) is 34.9 Å². The zero-order chi connectivity index (χ0) is 15.8. The molecule has 0 aliphatic heterocycles. The molecule has 3 N–H and O–H groups in total. The maximum atomic E-state index is 11.2. The van der Waals surface area contributed by atoms with Gasteiger partial charge in [0.15, 0.2) is 0 Å². The van der Waals surface area contributed by atoms with Crippen molar-refractivity contribution in [1.82, 2.24) is 0 Å². The van der Waals surface area contributed by atoms with Gasteiger partial charge in [-0.05, 0) is 53.4 Å². The van der Waals surface area contributed by atoms with Crippen LogP contribution in [0.2, 0.25) is 0 Å².